The van der Waals surface area contributed by atoms with Crippen LogP contribution in [0, 0.1) is 6.92 Å². The molecule has 0 aliphatic carbocycles. The molecule has 0 bridgehead atoms. The Morgan fingerprint density at radius 3 is 2.52 bits per heavy atom. The molecule has 0 unspecified atom stereocenters. The second-order valence-corrected chi connectivity index (χ2v) is 6.15. The molecule has 118 valence electrons. The van der Waals surface area contributed by atoms with Gasteiger partial charge in [-0.2, -0.15) is 5.10 Å². The fraction of sp³-hybridized carbons (Fsp3) is 0.750. The summed E-state index contributed by atoms with van der Waals surface area (Å²) in [5, 5.41) is 4.48. The van der Waals surface area contributed by atoms with E-state index in [1.54, 1.807) is 0 Å². The van der Waals surface area contributed by atoms with Gasteiger partial charge < -0.3 is 4.57 Å². The standard InChI is InChI=1S/C16H27ClN4/c1-4-5-6-7-8-9-12-21-14(10-11-17)18-15-13(2)19-20(3)16(15)21/h4-12H2,1-3H3. The van der Waals surface area contributed by atoms with Gasteiger partial charge in [0.1, 0.15) is 11.3 Å². The molecule has 0 fully saturated rings. The summed E-state index contributed by atoms with van der Waals surface area (Å²) in [6.07, 6.45) is 8.66. The van der Waals surface area contributed by atoms with Crippen molar-refractivity contribution in [1.29, 1.82) is 0 Å². The molecule has 4 nitrogen and oxygen atoms in total. The highest BCUT2D eigenvalue weighted by molar-refractivity contribution is 6.17. The Morgan fingerprint density at radius 2 is 1.81 bits per heavy atom. The number of imidazole rings is 1. The molecule has 0 saturated heterocycles. The number of nitrogens with zero attached hydrogens (tertiary/aromatic N) is 4. The fourth-order valence-electron chi connectivity index (χ4n) is 2.94. The van der Waals surface area contributed by atoms with Crippen LogP contribution < -0.4 is 0 Å². The van der Waals surface area contributed by atoms with E-state index >= 15 is 0 Å². The first-order chi connectivity index (χ1) is 10.2. The van der Waals surface area contributed by atoms with Crippen LogP contribution in [0.15, 0.2) is 0 Å². The van der Waals surface area contributed by atoms with Crippen LogP contribution in [-0.4, -0.2) is 25.2 Å². The molecule has 0 saturated carbocycles. The molecule has 0 aliphatic heterocycles. The van der Waals surface area contributed by atoms with Crippen molar-refractivity contribution in [3.63, 3.8) is 0 Å². The number of alkyl halides is 1. The number of aryl methyl sites for hydroxylation is 4. The van der Waals surface area contributed by atoms with E-state index in [4.69, 9.17) is 16.6 Å². The fourth-order valence-corrected chi connectivity index (χ4v) is 3.11. The van der Waals surface area contributed by atoms with E-state index in [-0.39, 0.29) is 0 Å². The molecular formula is C16H27ClN4. The predicted octanol–water partition coefficient (Wildman–Crippen LogP) is 4.22. The van der Waals surface area contributed by atoms with Crippen molar-refractivity contribution in [1.82, 2.24) is 19.3 Å². The van der Waals surface area contributed by atoms with Crippen LogP contribution in [-0.2, 0) is 20.0 Å². The summed E-state index contributed by atoms with van der Waals surface area (Å²) < 4.78 is 4.27. The highest BCUT2D eigenvalue weighted by Gasteiger charge is 2.16. The van der Waals surface area contributed by atoms with Gasteiger partial charge in [0.15, 0.2) is 5.65 Å². The van der Waals surface area contributed by atoms with Gasteiger partial charge in [-0.1, -0.05) is 39.0 Å². The molecule has 2 heterocycles. The average Bonchev–Trinajstić information content (AvgIpc) is 2.94. The molecule has 0 atom stereocenters. The van der Waals surface area contributed by atoms with Crippen molar-refractivity contribution in [3.8, 4) is 0 Å². The monoisotopic (exact) mass is 310 g/mol. The van der Waals surface area contributed by atoms with Crippen LogP contribution in [0.3, 0.4) is 0 Å². The maximum Gasteiger partial charge on any atom is 0.158 e. The lowest BCUT2D eigenvalue weighted by Crippen LogP contribution is -2.08. The molecule has 0 aliphatic rings. The van der Waals surface area contributed by atoms with E-state index in [0.29, 0.717) is 5.88 Å². The van der Waals surface area contributed by atoms with Gasteiger partial charge in [-0.05, 0) is 13.3 Å². The largest absolute Gasteiger partial charge is 0.313 e. The number of aromatic nitrogens is 4. The minimum Gasteiger partial charge on any atom is -0.313 e. The molecular weight excluding hydrogens is 284 g/mol. The topological polar surface area (TPSA) is 35.6 Å². The Kier molecular flexibility index (Phi) is 6.09. The van der Waals surface area contributed by atoms with Crippen LogP contribution in [0.5, 0.6) is 0 Å². The lowest BCUT2D eigenvalue weighted by molar-refractivity contribution is 0.547. The summed E-state index contributed by atoms with van der Waals surface area (Å²) >= 11 is 5.92. The summed E-state index contributed by atoms with van der Waals surface area (Å²) in [6, 6.07) is 0. The highest BCUT2D eigenvalue weighted by atomic mass is 35.5. The van der Waals surface area contributed by atoms with Crippen LogP contribution in [0.25, 0.3) is 11.2 Å². The number of hydrogen-bond donors (Lipinski definition) is 0. The Labute approximate surface area is 132 Å². The number of hydrogen-bond acceptors (Lipinski definition) is 2. The number of halogens is 1. The van der Waals surface area contributed by atoms with Crippen molar-refractivity contribution in [3.05, 3.63) is 11.5 Å². The van der Waals surface area contributed by atoms with Crippen LogP contribution >= 0.6 is 11.6 Å². The van der Waals surface area contributed by atoms with E-state index in [2.05, 4.69) is 16.6 Å². The Balaban J connectivity index is 2.07. The third-order valence-corrected chi connectivity index (χ3v) is 4.21. The number of rotatable bonds is 9. The summed E-state index contributed by atoms with van der Waals surface area (Å²) in [6.45, 7) is 5.30. The van der Waals surface area contributed by atoms with Gasteiger partial charge in [0, 0.05) is 25.9 Å². The summed E-state index contributed by atoms with van der Waals surface area (Å²) in [5.41, 5.74) is 3.18. The van der Waals surface area contributed by atoms with Crippen molar-refractivity contribution in [2.75, 3.05) is 5.88 Å². The second-order valence-electron chi connectivity index (χ2n) is 5.77. The molecule has 0 radical (unpaired) electrons. The third kappa shape index (κ3) is 3.79. The van der Waals surface area contributed by atoms with Crippen LogP contribution in [0.1, 0.15) is 57.0 Å². The molecule has 0 amide bonds. The summed E-state index contributed by atoms with van der Waals surface area (Å²) in [5.74, 6) is 1.72. The van der Waals surface area contributed by atoms with E-state index in [1.807, 2.05) is 18.7 Å². The SMILES string of the molecule is CCCCCCCCn1c(CCCl)nc2c(C)nn(C)c21. The average molecular weight is 311 g/mol. The first-order valence-corrected chi connectivity index (χ1v) is 8.67. The first-order valence-electron chi connectivity index (χ1n) is 8.13. The summed E-state index contributed by atoms with van der Waals surface area (Å²) in [7, 11) is 2.00. The van der Waals surface area contributed by atoms with Gasteiger partial charge in [-0.25, -0.2) is 4.98 Å². The van der Waals surface area contributed by atoms with Crippen molar-refractivity contribution >= 4 is 22.8 Å². The lowest BCUT2D eigenvalue weighted by Gasteiger charge is -2.09. The number of unbranched alkanes of at least 4 members (excludes halogenated alkanes) is 5. The Bertz CT molecular complexity index is 570. The Morgan fingerprint density at radius 1 is 1.10 bits per heavy atom. The molecule has 0 spiro atoms. The maximum atomic E-state index is 5.92. The van der Waals surface area contributed by atoms with Gasteiger partial charge >= 0.3 is 0 Å². The third-order valence-electron chi connectivity index (χ3n) is 4.02. The zero-order valence-corrected chi connectivity index (χ0v) is 14.3. The van der Waals surface area contributed by atoms with Gasteiger partial charge in [-0.3, -0.25) is 4.68 Å². The summed E-state index contributed by atoms with van der Waals surface area (Å²) in [4.78, 5) is 4.75. The highest BCUT2D eigenvalue weighted by Crippen LogP contribution is 2.20. The van der Waals surface area contributed by atoms with Crippen molar-refractivity contribution in [2.45, 2.75) is 65.3 Å². The van der Waals surface area contributed by atoms with Crippen LogP contribution in [0.4, 0.5) is 0 Å². The first kappa shape index (κ1) is 16.3. The van der Waals surface area contributed by atoms with E-state index in [1.165, 1.54) is 38.5 Å². The van der Waals surface area contributed by atoms with Gasteiger partial charge in [0.25, 0.3) is 0 Å². The van der Waals surface area contributed by atoms with E-state index in [0.717, 1.165) is 35.6 Å². The lowest BCUT2D eigenvalue weighted by atomic mass is 10.1. The second kappa shape index (κ2) is 7.83. The molecule has 2 aromatic heterocycles. The zero-order valence-electron chi connectivity index (χ0n) is 13.5. The number of fused-ring (bicyclic) bond motifs is 1. The molecule has 0 N–H and O–H groups in total. The van der Waals surface area contributed by atoms with Crippen LogP contribution in [0.2, 0.25) is 0 Å². The minimum atomic E-state index is 0.617. The van der Waals surface area contributed by atoms with Gasteiger partial charge in [0.05, 0.1) is 5.69 Å². The Hall–Kier alpha value is -1.03. The van der Waals surface area contributed by atoms with E-state index in [9.17, 15) is 0 Å². The molecule has 0 aromatic carbocycles. The smallest absolute Gasteiger partial charge is 0.158 e. The molecule has 2 rings (SSSR count). The minimum absolute atomic E-state index is 0.617. The van der Waals surface area contributed by atoms with Crippen molar-refractivity contribution in [2.24, 2.45) is 7.05 Å². The maximum absolute atomic E-state index is 5.92. The van der Waals surface area contributed by atoms with Crippen molar-refractivity contribution < 1.29 is 0 Å². The molecule has 5 heteroatoms. The molecule has 2 aromatic rings. The van der Waals surface area contributed by atoms with E-state index < -0.39 is 0 Å². The predicted molar refractivity (Wildman–Crippen MR) is 89.0 cm³/mol. The van der Waals surface area contributed by atoms with Gasteiger partial charge in [0.2, 0.25) is 0 Å². The molecule has 21 heavy (non-hydrogen) atoms. The van der Waals surface area contributed by atoms with Gasteiger partial charge in [-0.15, -0.1) is 11.6 Å². The zero-order chi connectivity index (χ0) is 15.2. The quantitative estimate of drug-likeness (QED) is 0.513. The normalized spacial score (nSPS) is 11.6.